The van der Waals surface area contributed by atoms with Crippen molar-refractivity contribution in [1.29, 1.82) is 0 Å². The Labute approximate surface area is 151 Å². The fourth-order valence-corrected chi connectivity index (χ4v) is 4.02. The molecular weight excluding hydrogens is 337 g/mol. The first-order valence-corrected chi connectivity index (χ1v) is 8.84. The largest absolute Gasteiger partial charge is 0.416 e. The number of alkyl halides is 3. The molecule has 2 heterocycles. The molecule has 4 rings (SSSR count). The lowest BCUT2D eigenvalue weighted by Crippen LogP contribution is -2.36. The molecule has 1 unspecified atom stereocenters. The molecule has 0 saturated heterocycles. The first-order chi connectivity index (χ1) is 12.2. The Hall–Kier alpha value is -2.30. The van der Waals surface area contributed by atoms with Gasteiger partial charge in [0.25, 0.3) is 0 Å². The van der Waals surface area contributed by atoms with Crippen molar-refractivity contribution in [2.24, 2.45) is 10.9 Å². The van der Waals surface area contributed by atoms with Crippen LogP contribution in [0.4, 0.5) is 24.5 Å². The molecule has 0 aliphatic carbocycles. The van der Waals surface area contributed by atoms with Gasteiger partial charge in [-0.1, -0.05) is 39.0 Å². The molecule has 136 valence electrons. The summed E-state index contributed by atoms with van der Waals surface area (Å²) >= 11 is 0. The van der Waals surface area contributed by atoms with E-state index in [2.05, 4.69) is 16.8 Å². The van der Waals surface area contributed by atoms with Crippen LogP contribution < -0.4 is 4.90 Å². The van der Waals surface area contributed by atoms with Crippen LogP contribution in [-0.2, 0) is 11.6 Å². The van der Waals surface area contributed by atoms with E-state index in [9.17, 15) is 13.2 Å². The molecule has 2 aromatic rings. The van der Waals surface area contributed by atoms with Gasteiger partial charge in [-0.25, -0.2) is 0 Å². The van der Waals surface area contributed by atoms with Gasteiger partial charge >= 0.3 is 6.18 Å². The number of halogens is 3. The minimum atomic E-state index is -4.35. The number of nitrogens with zero attached hydrogens (tertiary/aromatic N) is 2. The third-order valence-electron chi connectivity index (χ3n) is 5.43. The Balaban J connectivity index is 1.96. The molecular formula is C21H21F3N2. The normalized spacial score (nSPS) is 21.2. The van der Waals surface area contributed by atoms with Crippen LogP contribution in [0.25, 0.3) is 0 Å². The molecule has 0 radical (unpaired) electrons. The van der Waals surface area contributed by atoms with E-state index in [0.717, 1.165) is 35.7 Å². The standard InChI is InChI=1S/C21H21F3N2/c1-13-10-19(25-12-13)26-17-7-5-4-6-15(17)20(2,3)16-11-14(21(22,23)24)8-9-18(16)26/h4-9,11,13H,10,12H2,1-3H3. The third-order valence-corrected chi connectivity index (χ3v) is 5.43. The minimum Gasteiger partial charge on any atom is -0.298 e. The molecule has 0 saturated carbocycles. The van der Waals surface area contributed by atoms with Gasteiger partial charge < -0.3 is 0 Å². The van der Waals surface area contributed by atoms with Crippen molar-refractivity contribution in [3.05, 3.63) is 59.2 Å². The SMILES string of the molecule is CC1CN=C(N2c3ccccc3C(C)(C)c3cc(C(F)(F)F)ccc32)C1. The van der Waals surface area contributed by atoms with E-state index in [4.69, 9.17) is 0 Å². The van der Waals surface area contributed by atoms with Crippen molar-refractivity contribution in [1.82, 2.24) is 0 Å². The van der Waals surface area contributed by atoms with E-state index in [-0.39, 0.29) is 0 Å². The summed E-state index contributed by atoms with van der Waals surface area (Å²) in [6, 6.07) is 12.0. The van der Waals surface area contributed by atoms with Crippen molar-refractivity contribution in [2.75, 3.05) is 11.4 Å². The average molecular weight is 358 g/mol. The van der Waals surface area contributed by atoms with Gasteiger partial charge in [-0.05, 0) is 41.3 Å². The summed E-state index contributed by atoms with van der Waals surface area (Å²) in [7, 11) is 0. The van der Waals surface area contributed by atoms with E-state index < -0.39 is 17.2 Å². The monoisotopic (exact) mass is 358 g/mol. The van der Waals surface area contributed by atoms with E-state index >= 15 is 0 Å². The number of hydrogen-bond acceptors (Lipinski definition) is 2. The van der Waals surface area contributed by atoms with Crippen LogP contribution in [0.1, 0.15) is 43.9 Å². The highest BCUT2D eigenvalue weighted by atomic mass is 19.4. The molecule has 1 atom stereocenters. The first kappa shape index (κ1) is 17.1. The second kappa shape index (κ2) is 5.60. The topological polar surface area (TPSA) is 15.6 Å². The smallest absolute Gasteiger partial charge is 0.298 e. The maximum Gasteiger partial charge on any atom is 0.416 e. The van der Waals surface area contributed by atoms with Crippen LogP contribution in [0.2, 0.25) is 0 Å². The van der Waals surface area contributed by atoms with Crippen LogP contribution in [0.3, 0.4) is 0 Å². The van der Waals surface area contributed by atoms with Crippen LogP contribution in [-0.4, -0.2) is 12.4 Å². The zero-order valence-corrected chi connectivity index (χ0v) is 15.1. The number of anilines is 2. The molecule has 0 aromatic heterocycles. The highest BCUT2D eigenvalue weighted by Crippen LogP contribution is 2.50. The number of amidine groups is 1. The molecule has 2 aromatic carbocycles. The number of fused-ring (bicyclic) bond motifs is 2. The van der Waals surface area contributed by atoms with E-state index in [1.807, 2.05) is 38.1 Å². The molecule has 0 N–H and O–H groups in total. The molecule has 0 fully saturated rings. The van der Waals surface area contributed by atoms with E-state index in [1.165, 1.54) is 12.1 Å². The summed E-state index contributed by atoms with van der Waals surface area (Å²) in [5.41, 5.74) is 2.40. The minimum absolute atomic E-state index is 0.449. The molecule has 2 aliphatic rings. The van der Waals surface area contributed by atoms with Gasteiger partial charge in [0.15, 0.2) is 0 Å². The van der Waals surface area contributed by atoms with E-state index in [0.29, 0.717) is 11.5 Å². The van der Waals surface area contributed by atoms with Gasteiger partial charge in [-0.2, -0.15) is 13.2 Å². The maximum atomic E-state index is 13.3. The summed E-state index contributed by atoms with van der Waals surface area (Å²) in [4.78, 5) is 6.73. The quantitative estimate of drug-likeness (QED) is 0.571. The Morgan fingerprint density at radius 2 is 1.73 bits per heavy atom. The van der Waals surface area contributed by atoms with Gasteiger partial charge in [-0.3, -0.25) is 9.89 Å². The molecule has 5 heteroatoms. The van der Waals surface area contributed by atoms with Gasteiger partial charge in [0.1, 0.15) is 5.84 Å². The fourth-order valence-electron chi connectivity index (χ4n) is 4.02. The number of rotatable bonds is 0. The number of hydrogen-bond donors (Lipinski definition) is 0. The number of para-hydroxylation sites is 1. The summed E-state index contributed by atoms with van der Waals surface area (Å²) in [6.45, 7) is 6.87. The molecule has 26 heavy (non-hydrogen) atoms. The zero-order valence-electron chi connectivity index (χ0n) is 15.1. The van der Waals surface area contributed by atoms with Gasteiger partial charge in [0, 0.05) is 18.4 Å². The Kier molecular flexibility index (Phi) is 3.69. The van der Waals surface area contributed by atoms with Crippen molar-refractivity contribution >= 4 is 17.2 Å². The lowest BCUT2D eigenvalue weighted by Gasteiger charge is -2.42. The second-order valence-corrected chi connectivity index (χ2v) is 7.77. The van der Waals surface area contributed by atoms with Gasteiger partial charge in [0.2, 0.25) is 0 Å². The van der Waals surface area contributed by atoms with Crippen LogP contribution >= 0.6 is 0 Å². The number of benzene rings is 2. The van der Waals surface area contributed by atoms with Crippen molar-refractivity contribution in [3.63, 3.8) is 0 Å². The summed E-state index contributed by atoms with van der Waals surface area (Å²) < 4.78 is 40.0. The summed E-state index contributed by atoms with van der Waals surface area (Å²) in [6.07, 6.45) is -3.53. The molecule has 2 aliphatic heterocycles. The van der Waals surface area contributed by atoms with Crippen molar-refractivity contribution < 1.29 is 13.2 Å². The average Bonchev–Trinajstić information content (AvgIpc) is 3.00. The van der Waals surface area contributed by atoms with Crippen LogP contribution in [0.15, 0.2) is 47.5 Å². The zero-order chi connectivity index (χ0) is 18.7. The Bertz CT molecular complexity index is 896. The molecule has 0 amide bonds. The van der Waals surface area contributed by atoms with E-state index in [1.54, 1.807) is 6.07 Å². The lowest BCUT2D eigenvalue weighted by molar-refractivity contribution is -0.137. The van der Waals surface area contributed by atoms with Crippen LogP contribution in [0, 0.1) is 5.92 Å². The third kappa shape index (κ3) is 2.52. The molecule has 0 spiro atoms. The Morgan fingerprint density at radius 3 is 2.38 bits per heavy atom. The lowest BCUT2D eigenvalue weighted by atomic mass is 9.73. The highest BCUT2D eigenvalue weighted by molar-refractivity contribution is 6.07. The van der Waals surface area contributed by atoms with Gasteiger partial charge in [0.05, 0.1) is 16.9 Å². The Morgan fingerprint density at radius 1 is 1.04 bits per heavy atom. The predicted octanol–water partition coefficient (Wildman–Crippen LogP) is 5.92. The fraction of sp³-hybridized carbons (Fsp3) is 0.381. The van der Waals surface area contributed by atoms with Crippen LogP contribution in [0.5, 0.6) is 0 Å². The summed E-state index contributed by atoms with van der Waals surface area (Å²) in [5.74, 6) is 1.38. The molecule has 0 bridgehead atoms. The predicted molar refractivity (Wildman–Crippen MR) is 98.2 cm³/mol. The van der Waals surface area contributed by atoms with Crippen molar-refractivity contribution in [2.45, 2.75) is 38.8 Å². The number of aliphatic imine (C=N–C) groups is 1. The van der Waals surface area contributed by atoms with Gasteiger partial charge in [-0.15, -0.1) is 0 Å². The van der Waals surface area contributed by atoms with Crippen molar-refractivity contribution in [3.8, 4) is 0 Å². The second-order valence-electron chi connectivity index (χ2n) is 7.77. The summed E-state index contributed by atoms with van der Waals surface area (Å²) in [5, 5.41) is 0. The molecule has 2 nitrogen and oxygen atoms in total. The maximum absolute atomic E-state index is 13.3. The first-order valence-electron chi connectivity index (χ1n) is 8.84. The highest BCUT2D eigenvalue weighted by Gasteiger charge is 2.41.